The van der Waals surface area contributed by atoms with Gasteiger partial charge in [-0.25, -0.2) is 4.98 Å². The number of carbonyl (C=O) groups is 1. The van der Waals surface area contributed by atoms with E-state index in [9.17, 15) is 4.79 Å². The lowest BCUT2D eigenvalue weighted by atomic mass is 9.97. The first-order chi connectivity index (χ1) is 13.2. The molecule has 2 aromatic carbocycles. The Kier molecular flexibility index (Phi) is 5.72. The number of nitrogens with zero attached hydrogens (tertiary/aromatic N) is 1. The van der Waals surface area contributed by atoms with Gasteiger partial charge in [0, 0.05) is 30.3 Å². The van der Waals surface area contributed by atoms with Crippen LogP contribution in [-0.4, -0.2) is 30.5 Å². The summed E-state index contributed by atoms with van der Waals surface area (Å²) in [6.45, 7) is 3.04. The van der Waals surface area contributed by atoms with Crippen LogP contribution in [-0.2, 0) is 11.3 Å². The highest BCUT2D eigenvalue weighted by molar-refractivity contribution is 7.18. The van der Waals surface area contributed by atoms with Gasteiger partial charge in [-0.05, 0) is 23.8 Å². The van der Waals surface area contributed by atoms with Crippen LogP contribution >= 0.6 is 22.9 Å². The van der Waals surface area contributed by atoms with E-state index in [1.165, 1.54) is 14.6 Å². The summed E-state index contributed by atoms with van der Waals surface area (Å²) in [6.07, 6.45) is 2.18. The van der Waals surface area contributed by atoms with Crippen molar-refractivity contribution in [3.05, 3.63) is 64.1 Å². The molecule has 2 N–H and O–H groups in total. The van der Waals surface area contributed by atoms with E-state index in [1.807, 2.05) is 41.7 Å². The van der Waals surface area contributed by atoms with Crippen LogP contribution in [0.15, 0.2) is 48.5 Å². The zero-order valence-electron chi connectivity index (χ0n) is 15.1. The normalized spacial score (nSPS) is 19.9. The van der Waals surface area contributed by atoms with Crippen molar-refractivity contribution in [3.63, 3.8) is 0 Å². The average molecular weight is 401 g/mol. The van der Waals surface area contributed by atoms with E-state index in [1.54, 1.807) is 0 Å². The molecule has 3 aromatic rings. The largest absolute Gasteiger partial charge is 0.347 e. The van der Waals surface area contributed by atoms with Gasteiger partial charge in [0.2, 0.25) is 0 Å². The van der Waals surface area contributed by atoms with E-state index < -0.39 is 0 Å². The van der Waals surface area contributed by atoms with Crippen molar-refractivity contribution in [2.24, 2.45) is 0 Å². The summed E-state index contributed by atoms with van der Waals surface area (Å²) < 4.78 is 1.27. The quantitative estimate of drug-likeness (QED) is 0.691. The lowest BCUT2D eigenvalue weighted by molar-refractivity contribution is -0.897. The van der Waals surface area contributed by atoms with Crippen molar-refractivity contribution in [3.8, 4) is 0 Å². The fourth-order valence-electron chi connectivity index (χ4n) is 3.64. The average Bonchev–Trinajstić information content (AvgIpc) is 3.12. The zero-order chi connectivity index (χ0) is 18.6. The molecule has 0 atom stereocenters. The molecule has 0 radical (unpaired) electrons. The number of carbonyl (C=O) groups excluding carboxylic acids is 1. The van der Waals surface area contributed by atoms with Gasteiger partial charge in [-0.2, -0.15) is 0 Å². The molecule has 2 heterocycles. The molecular weight excluding hydrogens is 378 g/mol. The van der Waals surface area contributed by atoms with Gasteiger partial charge in [0.25, 0.3) is 5.91 Å². The lowest BCUT2D eigenvalue weighted by Gasteiger charge is -2.27. The summed E-state index contributed by atoms with van der Waals surface area (Å²) in [4.78, 5) is 18.4. The van der Waals surface area contributed by atoms with E-state index in [4.69, 9.17) is 16.6 Å². The van der Waals surface area contributed by atoms with E-state index in [0.717, 1.165) is 37.0 Å². The fraction of sp³-hybridized carbons (Fsp3) is 0.333. The summed E-state index contributed by atoms with van der Waals surface area (Å²) in [5.41, 5.74) is 2.06. The first kappa shape index (κ1) is 18.4. The SMILES string of the molecule is O=C(C[NH+]1CCC(c2nc3ccccc3s2)CC1)NCc1ccccc1Cl. The van der Waals surface area contributed by atoms with Gasteiger partial charge in [-0.1, -0.05) is 41.9 Å². The van der Waals surface area contributed by atoms with Gasteiger partial charge in [-0.3, -0.25) is 4.79 Å². The number of fused-ring (bicyclic) bond motifs is 1. The number of aromatic nitrogens is 1. The number of rotatable bonds is 5. The standard InChI is InChI=1S/C21H22ClN3OS/c22-17-6-2-1-5-16(17)13-23-20(26)14-25-11-9-15(10-12-25)21-24-18-7-3-4-8-19(18)27-21/h1-8,15H,9-14H2,(H,23,26)/p+1. The van der Waals surface area contributed by atoms with Gasteiger partial charge in [-0.15, -0.1) is 11.3 Å². The highest BCUT2D eigenvalue weighted by Gasteiger charge is 2.27. The number of thiazole rings is 1. The number of halogens is 1. The van der Waals surface area contributed by atoms with Gasteiger partial charge >= 0.3 is 0 Å². The van der Waals surface area contributed by atoms with Crippen molar-refractivity contribution in [2.45, 2.75) is 25.3 Å². The first-order valence-electron chi connectivity index (χ1n) is 9.38. The van der Waals surface area contributed by atoms with Crippen LogP contribution in [0, 0.1) is 0 Å². The number of likely N-dealkylation sites (tertiary alicyclic amines) is 1. The molecule has 1 aliphatic rings. The molecule has 1 amide bonds. The predicted molar refractivity (Wildman–Crippen MR) is 110 cm³/mol. The van der Waals surface area contributed by atoms with Crippen LogP contribution in [0.2, 0.25) is 5.02 Å². The fourth-order valence-corrected chi connectivity index (χ4v) is 4.98. The Balaban J connectivity index is 1.26. The second kappa shape index (κ2) is 8.38. The molecule has 0 saturated carbocycles. The third-order valence-electron chi connectivity index (χ3n) is 5.20. The Morgan fingerprint density at radius 3 is 2.67 bits per heavy atom. The number of quaternary nitrogens is 1. The number of nitrogens with one attached hydrogen (secondary N) is 2. The molecule has 1 fully saturated rings. The summed E-state index contributed by atoms with van der Waals surface area (Å²) in [6, 6.07) is 16.0. The van der Waals surface area contributed by atoms with Crippen LogP contribution in [0.25, 0.3) is 10.2 Å². The maximum atomic E-state index is 12.3. The Morgan fingerprint density at radius 1 is 1.15 bits per heavy atom. The first-order valence-corrected chi connectivity index (χ1v) is 10.6. The topological polar surface area (TPSA) is 46.4 Å². The van der Waals surface area contributed by atoms with Crippen molar-refractivity contribution in [2.75, 3.05) is 19.6 Å². The summed E-state index contributed by atoms with van der Waals surface area (Å²) >= 11 is 7.96. The van der Waals surface area contributed by atoms with Crippen LogP contribution < -0.4 is 10.2 Å². The number of benzene rings is 2. The molecule has 1 aliphatic heterocycles. The predicted octanol–water partition coefficient (Wildman–Crippen LogP) is 3.03. The smallest absolute Gasteiger partial charge is 0.275 e. The molecule has 6 heteroatoms. The van der Waals surface area contributed by atoms with Gasteiger partial charge in [0.15, 0.2) is 6.54 Å². The third-order valence-corrected chi connectivity index (χ3v) is 6.76. The highest BCUT2D eigenvalue weighted by atomic mass is 35.5. The van der Waals surface area contributed by atoms with Gasteiger partial charge in [0.1, 0.15) is 0 Å². The van der Waals surface area contributed by atoms with Crippen LogP contribution in [0.5, 0.6) is 0 Å². The molecule has 0 spiro atoms. The molecular formula is C21H23ClN3OS+. The number of para-hydroxylation sites is 1. The second-order valence-electron chi connectivity index (χ2n) is 7.09. The third kappa shape index (κ3) is 4.49. The van der Waals surface area contributed by atoms with Crippen molar-refractivity contribution in [1.29, 1.82) is 0 Å². The molecule has 140 valence electrons. The molecule has 4 nitrogen and oxygen atoms in total. The number of piperidine rings is 1. The van der Waals surface area contributed by atoms with Crippen LogP contribution in [0.4, 0.5) is 0 Å². The monoisotopic (exact) mass is 400 g/mol. The minimum atomic E-state index is 0.0864. The second-order valence-corrected chi connectivity index (χ2v) is 8.56. The Morgan fingerprint density at radius 2 is 1.89 bits per heavy atom. The minimum absolute atomic E-state index is 0.0864. The molecule has 1 saturated heterocycles. The van der Waals surface area contributed by atoms with Gasteiger partial charge < -0.3 is 10.2 Å². The van der Waals surface area contributed by atoms with Crippen molar-refractivity contribution in [1.82, 2.24) is 10.3 Å². The Labute approximate surface area is 168 Å². The van der Waals surface area contributed by atoms with Crippen LogP contribution in [0.3, 0.4) is 0 Å². The lowest BCUT2D eigenvalue weighted by Crippen LogP contribution is -3.14. The zero-order valence-corrected chi connectivity index (χ0v) is 16.7. The molecule has 0 unspecified atom stereocenters. The molecule has 4 rings (SSSR count). The Bertz CT molecular complexity index is 901. The van der Waals surface area contributed by atoms with Crippen molar-refractivity contribution >= 4 is 39.1 Å². The number of hydrogen-bond donors (Lipinski definition) is 2. The summed E-state index contributed by atoms with van der Waals surface area (Å²) in [7, 11) is 0. The summed E-state index contributed by atoms with van der Waals surface area (Å²) in [5.74, 6) is 0.612. The van der Waals surface area contributed by atoms with E-state index in [2.05, 4.69) is 23.5 Å². The molecule has 0 aliphatic carbocycles. The van der Waals surface area contributed by atoms with Gasteiger partial charge in [0.05, 0.1) is 28.3 Å². The highest BCUT2D eigenvalue weighted by Crippen LogP contribution is 2.31. The molecule has 27 heavy (non-hydrogen) atoms. The van der Waals surface area contributed by atoms with E-state index >= 15 is 0 Å². The van der Waals surface area contributed by atoms with Crippen LogP contribution in [0.1, 0.15) is 29.3 Å². The van der Waals surface area contributed by atoms with E-state index in [-0.39, 0.29) is 5.91 Å². The van der Waals surface area contributed by atoms with Crippen molar-refractivity contribution < 1.29 is 9.69 Å². The molecule has 1 aromatic heterocycles. The minimum Gasteiger partial charge on any atom is -0.347 e. The molecule has 0 bridgehead atoms. The maximum Gasteiger partial charge on any atom is 0.275 e. The summed E-state index contributed by atoms with van der Waals surface area (Å²) in [5, 5.41) is 4.94. The Hall–Kier alpha value is -1.95. The number of amides is 1. The maximum absolute atomic E-state index is 12.3. The number of hydrogen-bond acceptors (Lipinski definition) is 3. The van der Waals surface area contributed by atoms with E-state index in [0.29, 0.717) is 24.0 Å².